The fraction of sp³-hybridized carbons (Fsp3) is 0.923. The Morgan fingerprint density at radius 1 is 1.05 bits per heavy atom. The van der Waals surface area contributed by atoms with Crippen LogP contribution in [0.4, 0.5) is 0 Å². The first-order valence-electron chi connectivity index (χ1n) is 7.24. The summed E-state index contributed by atoms with van der Waals surface area (Å²) < 4.78 is 0. The minimum absolute atomic E-state index is 0.236. The fourth-order valence-electron chi connectivity index (χ4n) is 1.99. The van der Waals surface area contributed by atoms with Gasteiger partial charge in [0, 0.05) is 20.6 Å². The van der Waals surface area contributed by atoms with Crippen LogP contribution in [0.15, 0.2) is 4.99 Å². The van der Waals surface area contributed by atoms with Gasteiger partial charge in [0.2, 0.25) is 0 Å². The predicted octanol–water partition coefficient (Wildman–Crippen LogP) is 2.09. The van der Waals surface area contributed by atoms with E-state index in [1.165, 1.54) is 0 Å². The Bertz CT molecular complexity index is 305. The smallest absolute Gasteiger partial charge is 0.187 e. The first kappa shape index (κ1) is 18.1. The summed E-state index contributed by atoms with van der Waals surface area (Å²) in [5, 5.41) is 5.55. The molecule has 1 aliphatic heterocycles. The molecule has 1 atom stereocenters. The van der Waals surface area contributed by atoms with E-state index in [-0.39, 0.29) is 5.50 Å². The average molecular weight is 320 g/mol. The lowest BCUT2D eigenvalue weighted by Crippen LogP contribution is -2.41. The Labute approximate surface area is 132 Å². The third-order valence-corrected chi connectivity index (χ3v) is 5.83. The highest BCUT2D eigenvalue weighted by molar-refractivity contribution is 8.82. The van der Waals surface area contributed by atoms with Crippen molar-refractivity contribution in [1.82, 2.24) is 19.8 Å². The Morgan fingerprint density at radius 3 is 2.15 bits per heavy atom. The molecule has 0 aromatic carbocycles. The summed E-state index contributed by atoms with van der Waals surface area (Å²) in [4.78, 5) is 9.40. The van der Waals surface area contributed by atoms with Crippen LogP contribution in [0.1, 0.15) is 20.3 Å². The lowest BCUT2D eigenvalue weighted by molar-refractivity contribution is 0.107. The van der Waals surface area contributed by atoms with Crippen molar-refractivity contribution in [3.05, 3.63) is 0 Å². The lowest BCUT2D eigenvalue weighted by Gasteiger charge is -2.30. The largest absolute Gasteiger partial charge is 0.304 e. The molecule has 1 heterocycles. The molecule has 0 spiro atoms. The van der Waals surface area contributed by atoms with Crippen LogP contribution in [0.3, 0.4) is 0 Å². The summed E-state index contributed by atoms with van der Waals surface area (Å²) in [6.45, 7) is 8.89. The maximum atomic E-state index is 4.79. The number of hydrogen-bond acceptors (Lipinski definition) is 7. The highest BCUT2D eigenvalue weighted by Crippen LogP contribution is 2.38. The Hall–Kier alpha value is 0.0500. The van der Waals surface area contributed by atoms with Crippen LogP contribution in [-0.2, 0) is 0 Å². The van der Waals surface area contributed by atoms with Crippen LogP contribution in [0.5, 0.6) is 0 Å². The number of aliphatic imine (C=N–C) groups is 1. The number of hydrogen-bond donors (Lipinski definition) is 0. The minimum Gasteiger partial charge on any atom is -0.304 e. The number of nitrogens with zero attached hydrogens (tertiary/aromatic N) is 5. The summed E-state index contributed by atoms with van der Waals surface area (Å²) in [6.07, 6.45) is 1.16. The van der Waals surface area contributed by atoms with Gasteiger partial charge in [-0.2, -0.15) is 0 Å². The standard InChI is InChI=1S/C13H29N5S2/c1-7-17(8-2)10-9-11-18(16(5)6)13-14-12(15(3)4)19-20-13/h12H,7-11H2,1-6H3. The van der Waals surface area contributed by atoms with Crippen LogP contribution in [0.2, 0.25) is 0 Å². The topological polar surface area (TPSA) is 25.3 Å². The third kappa shape index (κ3) is 5.44. The van der Waals surface area contributed by atoms with Gasteiger partial charge in [-0.15, -0.1) is 0 Å². The molecule has 0 aromatic heterocycles. The normalized spacial score (nSPS) is 19.2. The van der Waals surface area contributed by atoms with Crippen LogP contribution < -0.4 is 0 Å². The van der Waals surface area contributed by atoms with Crippen molar-refractivity contribution >= 4 is 26.8 Å². The molecule has 1 aliphatic rings. The van der Waals surface area contributed by atoms with Gasteiger partial charge in [0.25, 0.3) is 0 Å². The molecule has 0 radical (unpaired) electrons. The second kappa shape index (κ2) is 9.15. The molecule has 0 fully saturated rings. The number of hydrazine groups is 1. The minimum atomic E-state index is 0.236. The van der Waals surface area contributed by atoms with Crippen molar-refractivity contribution in [2.45, 2.75) is 25.8 Å². The molecular weight excluding hydrogens is 290 g/mol. The quantitative estimate of drug-likeness (QED) is 0.502. The van der Waals surface area contributed by atoms with E-state index in [0.717, 1.165) is 37.8 Å². The van der Waals surface area contributed by atoms with Gasteiger partial charge >= 0.3 is 0 Å². The zero-order valence-electron chi connectivity index (χ0n) is 13.7. The summed E-state index contributed by atoms with van der Waals surface area (Å²) in [6, 6.07) is 0. The first-order chi connectivity index (χ1) is 9.49. The van der Waals surface area contributed by atoms with Crippen molar-refractivity contribution in [1.29, 1.82) is 0 Å². The van der Waals surface area contributed by atoms with Crippen molar-refractivity contribution in [3.63, 3.8) is 0 Å². The molecule has 5 nitrogen and oxygen atoms in total. The molecule has 1 rings (SSSR count). The third-order valence-electron chi connectivity index (χ3n) is 3.31. The van der Waals surface area contributed by atoms with E-state index in [0.29, 0.717) is 0 Å². The van der Waals surface area contributed by atoms with Crippen LogP contribution in [0.25, 0.3) is 0 Å². The zero-order chi connectivity index (χ0) is 15.1. The lowest BCUT2D eigenvalue weighted by atomic mass is 10.3. The van der Waals surface area contributed by atoms with Crippen molar-refractivity contribution < 1.29 is 0 Å². The molecule has 0 saturated heterocycles. The maximum Gasteiger partial charge on any atom is 0.187 e. The Balaban J connectivity index is 2.51. The molecule has 7 heteroatoms. The van der Waals surface area contributed by atoms with Crippen LogP contribution in [0, 0.1) is 0 Å². The van der Waals surface area contributed by atoms with E-state index in [1.54, 1.807) is 10.8 Å². The molecule has 0 aromatic rings. The van der Waals surface area contributed by atoms with E-state index in [1.807, 2.05) is 10.8 Å². The van der Waals surface area contributed by atoms with Gasteiger partial charge in [-0.05, 0) is 61.7 Å². The van der Waals surface area contributed by atoms with Gasteiger partial charge in [0.15, 0.2) is 10.7 Å². The number of rotatable bonds is 8. The predicted molar refractivity (Wildman–Crippen MR) is 92.9 cm³/mol. The summed E-state index contributed by atoms with van der Waals surface area (Å²) >= 11 is 0. The van der Waals surface area contributed by atoms with Crippen molar-refractivity contribution in [2.75, 3.05) is 54.4 Å². The maximum absolute atomic E-state index is 4.79. The van der Waals surface area contributed by atoms with Crippen LogP contribution in [-0.4, -0.2) is 84.9 Å². The molecule has 0 amide bonds. The van der Waals surface area contributed by atoms with Gasteiger partial charge in [0.05, 0.1) is 0 Å². The molecule has 20 heavy (non-hydrogen) atoms. The molecular formula is C13H29N5S2. The van der Waals surface area contributed by atoms with E-state index < -0.39 is 0 Å². The second-order valence-corrected chi connectivity index (χ2v) is 7.46. The molecule has 0 N–H and O–H groups in total. The number of amidine groups is 1. The van der Waals surface area contributed by atoms with E-state index in [2.05, 4.69) is 61.9 Å². The summed E-state index contributed by atoms with van der Waals surface area (Å²) in [5.74, 6) is 0. The van der Waals surface area contributed by atoms with Gasteiger partial charge < -0.3 is 4.90 Å². The van der Waals surface area contributed by atoms with Gasteiger partial charge in [0.1, 0.15) is 0 Å². The van der Waals surface area contributed by atoms with Crippen molar-refractivity contribution in [3.8, 4) is 0 Å². The summed E-state index contributed by atoms with van der Waals surface area (Å²) in [5.41, 5.74) is 0.236. The van der Waals surface area contributed by atoms with Crippen molar-refractivity contribution in [2.24, 2.45) is 4.99 Å². The van der Waals surface area contributed by atoms with Gasteiger partial charge in [-0.1, -0.05) is 13.8 Å². The molecule has 0 aliphatic carbocycles. The second-order valence-electron chi connectivity index (χ2n) is 5.23. The van der Waals surface area contributed by atoms with E-state index in [4.69, 9.17) is 4.99 Å². The highest BCUT2D eigenvalue weighted by Gasteiger charge is 2.26. The first-order valence-corrected chi connectivity index (χ1v) is 9.45. The molecule has 118 valence electrons. The zero-order valence-corrected chi connectivity index (χ0v) is 15.3. The molecule has 0 bridgehead atoms. The Kier molecular flexibility index (Phi) is 8.28. The average Bonchev–Trinajstić information content (AvgIpc) is 2.88. The highest BCUT2D eigenvalue weighted by atomic mass is 33.1. The monoisotopic (exact) mass is 319 g/mol. The van der Waals surface area contributed by atoms with Crippen LogP contribution >= 0.6 is 21.6 Å². The molecule has 1 unspecified atom stereocenters. The van der Waals surface area contributed by atoms with E-state index in [9.17, 15) is 0 Å². The summed E-state index contributed by atoms with van der Waals surface area (Å²) in [7, 11) is 11.9. The SMILES string of the molecule is CCN(CC)CCCN(C1=NC(N(C)C)SS1)N(C)C. The Morgan fingerprint density at radius 2 is 1.70 bits per heavy atom. The fourth-order valence-corrected chi connectivity index (χ4v) is 4.57. The van der Waals surface area contributed by atoms with E-state index >= 15 is 0 Å². The van der Waals surface area contributed by atoms with Gasteiger partial charge in [-0.25, -0.2) is 10.0 Å². The molecule has 0 saturated carbocycles. The van der Waals surface area contributed by atoms with Gasteiger partial charge in [-0.3, -0.25) is 9.91 Å².